The van der Waals surface area contributed by atoms with Gasteiger partial charge in [0.25, 0.3) is 0 Å². The van der Waals surface area contributed by atoms with Crippen LogP contribution < -0.4 is 21.3 Å². The van der Waals surface area contributed by atoms with Gasteiger partial charge >= 0.3 is 23.7 Å². The first kappa shape index (κ1) is 87.2. The third-order valence-corrected chi connectivity index (χ3v) is 13.9. The molecule has 0 spiro atoms. The van der Waals surface area contributed by atoms with Crippen LogP contribution in [0.15, 0.2) is 48.6 Å². The molecule has 4 aliphatic carbocycles. The van der Waals surface area contributed by atoms with Crippen LogP contribution in [-0.2, 0) is 33.2 Å². The van der Waals surface area contributed by atoms with Crippen LogP contribution in [0.4, 0.5) is 19.2 Å². The Morgan fingerprint density at radius 2 is 0.674 bits per heavy atom. The first-order valence-corrected chi connectivity index (χ1v) is 34.7. The van der Waals surface area contributed by atoms with Crippen molar-refractivity contribution in [1.82, 2.24) is 21.3 Å². The Morgan fingerprint density at radius 1 is 0.371 bits per heavy atom. The molecule has 520 valence electrons. The molecular weight excluding hydrogens is 1140 g/mol. The average Bonchev–Trinajstić information content (AvgIpc) is 3.39. The number of amides is 1. The van der Waals surface area contributed by atoms with Gasteiger partial charge in [-0.3, -0.25) is 4.79 Å². The van der Waals surface area contributed by atoms with E-state index in [1.807, 2.05) is 135 Å². The molecule has 0 aromatic rings. The highest BCUT2D eigenvalue weighted by molar-refractivity contribution is 8.14. The number of carbonyl (C=O) groups excluding carboxylic acids is 5. The summed E-state index contributed by atoms with van der Waals surface area (Å²) in [5, 5.41) is 13.6. The molecule has 4 rings (SSSR count). The van der Waals surface area contributed by atoms with Crippen LogP contribution >= 0.6 is 11.8 Å². The summed E-state index contributed by atoms with van der Waals surface area (Å²) in [5.41, 5.74) is -1.32. The number of thioether (sulfide) groups is 1. The van der Waals surface area contributed by atoms with Gasteiger partial charge in [0.05, 0.1) is 0 Å². The second kappa shape index (κ2) is 41.7. The van der Waals surface area contributed by atoms with Gasteiger partial charge < -0.3 is 49.7 Å². The lowest BCUT2D eigenvalue weighted by molar-refractivity contribution is -0.131. The van der Waals surface area contributed by atoms with Crippen LogP contribution in [0.1, 0.15) is 297 Å². The molecule has 8 unspecified atom stereocenters. The van der Waals surface area contributed by atoms with E-state index >= 15 is 0 Å². The number of nitrogens with one attached hydrogen (secondary N) is 4. The SMILES string of the molecule is CC.CC.CC(C)(C)NC(=O)OC1/C=C/CCC(NC(C)(C)C)CC1.CC(C)(C)NC1CC/C=C/C(OC(=O)OC(C)(C)C)CC1.CC(C)(C)NC1CC/C=C/C(OC(=O)SC(C)(C)C)CC1.CC(C)(C)OC(=O)OC1/C=C/CCC(C(=O)C(C)(C)C)CC1. The summed E-state index contributed by atoms with van der Waals surface area (Å²) in [6, 6.07) is 1.43. The van der Waals surface area contributed by atoms with Crippen molar-refractivity contribution in [1.29, 1.82) is 0 Å². The number of allylic oxidation sites excluding steroid dienone is 4. The number of Topliss-reactive ketones (excluding diaryl/α,β-unsaturated/α-hetero) is 1. The third kappa shape index (κ3) is 51.4. The molecule has 0 bridgehead atoms. The summed E-state index contributed by atoms with van der Waals surface area (Å²) in [6.45, 7) is 56.4. The second-order valence-corrected chi connectivity index (χ2v) is 33.4. The van der Waals surface area contributed by atoms with Gasteiger partial charge in [-0.2, -0.15) is 0 Å². The fourth-order valence-corrected chi connectivity index (χ4v) is 10.5. The Hall–Kier alpha value is -3.86. The zero-order valence-electron chi connectivity index (χ0n) is 62.0. The number of hydrogen-bond acceptors (Lipinski definition) is 15. The molecular formula is C73H136N4O11S. The van der Waals surface area contributed by atoms with Gasteiger partial charge in [-0.25, -0.2) is 19.2 Å². The first-order valence-electron chi connectivity index (χ1n) is 33.9. The van der Waals surface area contributed by atoms with Gasteiger partial charge in [-0.05, 0) is 263 Å². The van der Waals surface area contributed by atoms with E-state index in [0.29, 0.717) is 30.3 Å². The van der Waals surface area contributed by atoms with Crippen molar-refractivity contribution in [3.8, 4) is 0 Å². The maximum absolute atomic E-state index is 12.4. The van der Waals surface area contributed by atoms with Crippen molar-refractivity contribution in [2.45, 2.75) is 377 Å². The maximum atomic E-state index is 12.4. The molecule has 15 nitrogen and oxygen atoms in total. The number of alkyl carbamates (subject to hydrolysis) is 1. The molecule has 1 amide bonds. The van der Waals surface area contributed by atoms with E-state index in [9.17, 15) is 24.0 Å². The maximum Gasteiger partial charge on any atom is 0.509 e. The summed E-state index contributed by atoms with van der Waals surface area (Å²) in [7, 11) is 0. The van der Waals surface area contributed by atoms with E-state index in [4.69, 9.17) is 28.4 Å². The van der Waals surface area contributed by atoms with Crippen molar-refractivity contribution < 1.29 is 52.4 Å². The van der Waals surface area contributed by atoms with Crippen molar-refractivity contribution in [3.05, 3.63) is 48.6 Å². The Bertz CT molecular complexity index is 1950. The number of hydrogen-bond donors (Lipinski definition) is 4. The summed E-state index contributed by atoms with van der Waals surface area (Å²) in [6.07, 6.45) is 29.2. The Balaban J connectivity index is 0. The fourth-order valence-electron chi connectivity index (χ4n) is 9.81. The first-order chi connectivity index (χ1) is 40.6. The third-order valence-electron chi connectivity index (χ3n) is 13.0. The molecule has 0 aromatic heterocycles. The molecule has 0 fully saturated rings. The highest BCUT2D eigenvalue weighted by Gasteiger charge is 2.32. The largest absolute Gasteiger partial charge is 0.509 e. The summed E-state index contributed by atoms with van der Waals surface area (Å²) in [4.78, 5) is 59.7. The summed E-state index contributed by atoms with van der Waals surface area (Å²) >= 11 is 1.26. The van der Waals surface area contributed by atoms with Crippen molar-refractivity contribution in [2.24, 2.45) is 11.3 Å². The Labute approximate surface area is 549 Å². The van der Waals surface area contributed by atoms with E-state index in [0.717, 1.165) is 96.3 Å². The van der Waals surface area contributed by atoms with Gasteiger partial charge in [-0.15, -0.1) is 0 Å². The molecule has 89 heavy (non-hydrogen) atoms. The van der Waals surface area contributed by atoms with Crippen LogP contribution in [-0.4, -0.2) is 110 Å². The lowest BCUT2D eigenvalue weighted by Gasteiger charge is -2.30. The van der Waals surface area contributed by atoms with Crippen LogP contribution in [0.2, 0.25) is 0 Å². The number of ether oxygens (including phenoxy) is 6. The minimum Gasteiger partial charge on any atom is -0.450 e. The van der Waals surface area contributed by atoms with Crippen LogP contribution in [0.5, 0.6) is 0 Å². The molecule has 0 radical (unpaired) electrons. The smallest absolute Gasteiger partial charge is 0.450 e. The molecule has 16 heteroatoms. The highest BCUT2D eigenvalue weighted by Crippen LogP contribution is 2.31. The molecule has 0 saturated heterocycles. The van der Waals surface area contributed by atoms with Crippen LogP contribution in [0.3, 0.4) is 0 Å². The van der Waals surface area contributed by atoms with Gasteiger partial charge in [-0.1, -0.05) is 93.5 Å². The quantitative estimate of drug-likeness (QED) is 0.102. The number of ketones is 1. The van der Waals surface area contributed by atoms with Gasteiger partial charge in [0.15, 0.2) is 0 Å². The van der Waals surface area contributed by atoms with E-state index < -0.39 is 23.5 Å². The molecule has 0 aliphatic heterocycles. The highest BCUT2D eigenvalue weighted by atomic mass is 32.2. The van der Waals surface area contributed by atoms with E-state index in [-0.39, 0.29) is 74.0 Å². The Kier molecular flexibility index (Phi) is 40.8. The topological polar surface area (TPSA) is 189 Å². The van der Waals surface area contributed by atoms with Crippen LogP contribution in [0, 0.1) is 11.3 Å². The molecule has 0 heterocycles. The predicted molar refractivity (Wildman–Crippen MR) is 374 cm³/mol. The van der Waals surface area contributed by atoms with Crippen molar-refractivity contribution in [3.63, 3.8) is 0 Å². The fraction of sp³-hybridized carbons (Fsp3) is 0.822. The standard InChI is InChI=1S/C18H30O4.C17H32N2O2.C17H31NO3.C17H31NO2S.2C2H6/c1-17(2,3)15(19)13-9-7-8-10-14(12-11-13)21-16(20)22-18(4,5)6;1-16(2,3)18-13-9-7-8-10-14(12-11-13)21-15(20)19-17(4,5)6;2*1-16(2,3)18-13-9-7-8-10-14(12-11-13)20-15(19)21-17(4,5)6;2*1-2/h8,10,13-14H,7,9,11-12H2,1-6H3;8,10,13-14,18H,7,9,11-12H2,1-6H3,(H,19,20);2*8,10,13-14,18H,7,9,11-12H2,1-6H3;2*1-2H3/b4*10-8+;;. The molecule has 0 saturated carbocycles. The molecule has 8 atom stereocenters. The summed E-state index contributed by atoms with van der Waals surface area (Å²) in [5.74, 6) is 0.327. The number of carbonyl (C=O) groups is 5. The van der Waals surface area contributed by atoms with Gasteiger partial charge in [0.2, 0.25) is 0 Å². The lowest BCUT2D eigenvalue weighted by Crippen LogP contribution is -2.45. The predicted octanol–water partition coefficient (Wildman–Crippen LogP) is 19.6. The van der Waals surface area contributed by atoms with E-state index in [2.05, 4.69) is 108 Å². The van der Waals surface area contributed by atoms with E-state index in [1.165, 1.54) is 11.8 Å². The number of rotatable bonds is 8. The minimum absolute atomic E-state index is 0.0367. The van der Waals surface area contributed by atoms with Gasteiger partial charge in [0.1, 0.15) is 41.4 Å². The lowest BCUT2D eigenvalue weighted by atomic mass is 9.78. The molecule has 0 aromatic carbocycles. The monoisotopic (exact) mass is 1280 g/mol. The van der Waals surface area contributed by atoms with Crippen LogP contribution in [0.25, 0.3) is 0 Å². The Morgan fingerprint density at radius 3 is 0.966 bits per heavy atom. The summed E-state index contributed by atoms with van der Waals surface area (Å²) < 4.78 is 32.2. The zero-order valence-corrected chi connectivity index (χ0v) is 62.8. The normalized spacial score (nSPS) is 24.4. The van der Waals surface area contributed by atoms with Gasteiger partial charge in [0, 0.05) is 56.4 Å². The molecule has 4 N–H and O–H groups in total. The second-order valence-electron chi connectivity index (χ2n) is 31.6. The van der Waals surface area contributed by atoms with E-state index in [1.54, 1.807) is 20.8 Å². The zero-order chi connectivity index (χ0) is 69.3. The minimum atomic E-state index is -0.651. The van der Waals surface area contributed by atoms with Crippen molar-refractivity contribution in [2.75, 3.05) is 0 Å². The van der Waals surface area contributed by atoms with Crippen molar-refractivity contribution >= 4 is 41.3 Å². The molecule has 4 aliphatic rings. The average molecular weight is 1280 g/mol.